The Kier molecular flexibility index (Phi) is 4.32. The minimum absolute atomic E-state index is 0.159. The van der Waals surface area contributed by atoms with Crippen LogP contribution >= 0.6 is 0 Å². The predicted molar refractivity (Wildman–Crippen MR) is 87.9 cm³/mol. The van der Waals surface area contributed by atoms with Crippen molar-refractivity contribution in [2.24, 2.45) is 0 Å². The lowest BCUT2D eigenvalue weighted by Gasteiger charge is -2.15. The minimum atomic E-state index is -0.159. The number of amides is 1. The summed E-state index contributed by atoms with van der Waals surface area (Å²) in [6.45, 7) is 4.26. The molecule has 1 N–H and O–H groups in total. The van der Waals surface area contributed by atoms with E-state index in [4.69, 9.17) is 4.74 Å². The van der Waals surface area contributed by atoms with Crippen LogP contribution in [0.4, 0.5) is 5.69 Å². The Bertz CT molecular complexity index is 706. The molecular formula is C17H22N4O2. The molecule has 1 fully saturated rings. The minimum Gasteiger partial charge on any atom is -0.494 e. The zero-order chi connectivity index (χ0) is 16.4. The van der Waals surface area contributed by atoms with Crippen molar-refractivity contribution in [3.05, 3.63) is 35.9 Å². The first-order chi connectivity index (χ1) is 11.2. The van der Waals surface area contributed by atoms with Crippen molar-refractivity contribution in [2.75, 3.05) is 12.4 Å². The number of hydrogen-bond acceptors (Lipinski definition) is 4. The lowest BCUT2D eigenvalue weighted by Crippen LogP contribution is -2.16. The van der Waals surface area contributed by atoms with E-state index in [2.05, 4.69) is 29.2 Å². The van der Waals surface area contributed by atoms with Crippen molar-refractivity contribution < 1.29 is 9.53 Å². The van der Waals surface area contributed by atoms with Crippen LogP contribution in [-0.4, -0.2) is 27.8 Å². The van der Waals surface area contributed by atoms with Gasteiger partial charge in [0.2, 0.25) is 0 Å². The van der Waals surface area contributed by atoms with Crippen molar-refractivity contribution in [1.29, 1.82) is 0 Å². The summed E-state index contributed by atoms with van der Waals surface area (Å²) in [5, 5.41) is 7.35. The summed E-state index contributed by atoms with van der Waals surface area (Å²) >= 11 is 0. The Balaban J connectivity index is 1.89. The van der Waals surface area contributed by atoms with Crippen molar-refractivity contribution in [3.63, 3.8) is 0 Å². The van der Waals surface area contributed by atoms with E-state index in [1.807, 2.05) is 4.68 Å². The second-order valence-electron chi connectivity index (χ2n) is 5.95. The number of methoxy groups -OCH3 is 1. The van der Waals surface area contributed by atoms with E-state index in [0.717, 1.165) is 25.0 Å². The molecule has 23 heavy (non-hydrogen) atoms. The molecule has 1 amide bonds. The molecule has 0 aromatic carbocycles. The lowest BCUT2D eigenvalue weighted by molar-refractivity contribution is 0.102. The highest BCUT2D eigenvalue weighted by atomic mass is 16.5. The van der Waals surface area contributed by atoms with Gasteiger partial charge in [0.15, 0.2) is 0 Å². The molecular weight excluding hydrogens is 292 g/mol. The number of anilines is 1. The van der Waals surface area contributed by atoms with E-state index in [9.17, 15) is 4.79 Å². The summed E-state index contributed by atoms with van der Waals surface area (Å²) in [4.78, 5) is 16.8. The molecule has 1 aliphatic rings. The zero-order valence-electron chi connectivity index (χ0n) is 13.7. The molecule has 2 aromatic rings. The number of hydrogen-bond donors (Lipinski definition) is 1. The average molecular weight is 314 g/mol. The van der Waals surface area contributed by atoms with Gasteiger partial charge in [-0.3, -0.25) is 14.5 Å². The van der Waals surface area contributed by atoms with Crippen LogP contribution in [0.1, 0.15) is 61.1 Å². The molecule has 0 spiro atoms. The highest BCUT2D eigenvalue weighted by Gasteiger charge is 2.33. The van der Waals surface area contributed by atoms with E-state index in [1.54, 1.807) is 31.8 Å². The number of carbonyl (C=O) groups excluding carboxylic acids is 1. The maximum Gasteiger partial charge on any atom is 0.259 e. The van der Waals surface area contributed by atoms with Crippen LogP contribution in [0.15, 0.2) is 24.7 Å². The van der Waals surface area contributed by atoms with Gasteiger partial charge in [-0.15, -0.1) is 0 Å². The molecule has 1 aliphatic carbocycles. The van der Waals surface area contributed by atoms with Crippen LogP contribution in [0.3, 0.4) is 0 Å². The standard InChI is InChI=1S/C17H22N4O2/c1-4-11(2)21-16(12-5-6-12)13(9-19-21)17(22)20-14-10-18-8-7-15(14)23-3/h7-12H,4-6H2,1-3H3,(H,20,22)/t11-/m1/s1. The number of ether oxygens (including phenoxy) is 1. The number of aromatic nitrogens is 3. The molecule has 1 atom stereocenters. The first-order valence-electron chi connectivity index (χ1n) is 8.02. The Morgan fingerprint density at radius 3 is 2.91 bits per heavy atom. The largest absolute Gasteiger partial charge is 0.494 e. The number of rotatable bonds is 6. The van der Waals surface area contributed by atoms with E-state index in [1.165, 1.54) is 0 Å². The van der Waals surface area contributed by atoms with Gasteiger partial charge < -0.3 is 10.1 Å². The quantitative estimate of drug-likeness (QED) is 0.887. The van der Waals surface area contributed by atoms with Crippen LogP contribution in [0.2, 0.25) is 0 Å². The fraction of sp³-hybridized carbons (Fsp3) is 0.471. The molecule has 6 nitrogen and oxygen atoms in total. The number of nitrogens with one attached hydrogen (secondary N) is 1. The van der Waals surface area contributed by atoms with Crippen molar-refractivity contribution in [1.82, 2.24) is 14.8 Å². The first-order valence-corrected chi connectivity index (χ1v) is 8.02. The van der Waals surface area contributed by atoms with Crippen LogP contribution in [0, 0.1) is 0 Å². The third-order valence-corrected chi connectivity index (χ3v) is 4.30. The topological polar surface area (TPSA) is 69.0 Å². The molecule has 6 heteroatoms. The molecule has 0 saturated heterocycles. The van der Waals surface area contributed by atoms with Gasteiger partial charge in [0, 0.05) is 24.2 Å². The Morgan fingerprint density at radius 1 is 1.48 bits per heavy atom. The van der Waals surface area contributed by atoms with E-state index in [0.29, 0.717) is 29.0 Å². The third-order valence-electron chi connectivity index (χ3n) is 4.30. The third kappa shape index (κ3) is 3.06. The highest BCUT2D eigenvalue weighted by Crippen LogP contribution is 2.43. The van der Waals surface area contributed by atoms with Crippen molar-refractivity contribution in [2.45, 2.75) is 45.1 Å². The molecule has 2 heterocycles. The maximum absolute atomic E-state index is 12.7. The SMILES string of the molecule is CC[C@@H](C)n1ncc(C(=O)Nc2cnccc2OC)c1C1CC1. The zero-order valence-corrected chi connectivity index (χ0v) is 13.7. The Hall–Kier alpha value is -2.37. The van der Waals surface area contributed by atoms with Gasteiger partial charge in [-0.2, -0.15) is 5.10 Å². The first kappa shape index (κ1) is 15.5. The van der Waals surface area contributed by atoms with Gasteiger partial charge in [-0.1, -0.05) is 6.92 Å². The van der Waals surface area contributed by atoms with Crippen LogP contribution in [-0.2, 0) is 0 Å². The molecule has 1 saturated carbocycles. The second kappa shape index (κ2) is 6.40. The summed E-state index contributed by atoms with van der Waals surface area (Å²) < 4.78 is 7.26. The van der Waals surface area contributed by atoms with Crippen LogP contribution in [0.5, 0.6) is 5.75 Å². The molecule has 0 bridgehead atoms. The molecule has 0 unspecified atom stereocenters. The Labute approximate surface area is 135 Å². The van der Waals surface area contributed by atoms with Gasteiger partial charge in [0.05, 0.1) is 30.8 Å². The summed E-state index contributed by atoms with van der Waals surface area (Å²) in [5.74, 6) is 0.881. The van der Waals surface area contributed by atoms with Crippen LogP contribution < -0.4 is 10.1 Å². The summed E-state index contributed by atoms with van der Waals surface area (Å²) in [5.41, 5.74) is 2.27. The van der Waals surface area contributed by atoms with Crippen molar-refractivity contribution >= 4 is 11.6 Å². The van der Waals surface area contributed by atoms with E-state index >= 15 is 0 Å². The average Bonchev–Trinajstić information content (AvgIpc) is 3.32. The highest BCUT2D eigenvalue weighted by molar-refractivity contribution is 6.05. The summed E-state index contributed by atoms with van der Waals surface area (Å²) in [6.07, 6.45) is 8.13. The van der Waals surface area contributed by atoms with E-state index in [-0.39, 0.29) is 5.91 Å². The molecule has 122 valence electrons. The fourth-order valence-corrected chi connectivity index (χ4v) is 2.68. The molecule has 2 aromatic heterocycles. The smallest absolute Gasteiger partial charge is 0.259 e. The van der Waals surface area contributed by atoms with Gasteiger partial charge >= 0.3 is 0 Å². The van der Waals surface area contributed by atoms with Crippen LogP contribution in [0.25, 0.3) is 0 Å². The molecule has 3 rings (SSSR count). The summed E-state index contributed by atoms with van der Waals surface area (Å²) in [7, 11) is 1.57. The van der Waals surface area contributed by atoms with E-state index < -0.39 is 0 Å². The number of nitrogens with zero attached hydrogens (tertiary/aromatic N) is 3. The number of pyridine rings is 1. The second-order valence-corrected chi connectivity index (χ2v) is 5.95. The van der Waals surface area contributed by atoms with Gasteiger partial charge in [-0.05, 0) is 26.2 Å². The maximum atomic E-state index is 12.7. The monoisotopic (exact) mass is 314 g/mol. The van der Waals surface area contributed by atoms with Gasteiger partial charge in [0.25, 0.3) is 5.91 Å². The Morgan fingerprint density at radius 2 is 2.26 bits per heavy atom. The van der Waals surface area contributed by atoms with Gasteiger partial charge in [0.1, 0.15) is 11.4 Å². The lowest BCUT2D eigenvalue weighted by atomic mass is 10.1. The van der Waals surface area contributed by atoms with Gasteiger partial charge in [-0.25, -0.2) is 0 Å². The predicted octanol–water partition coefficient (Wildman–Crippen LogP) is 3.39. The summed E-state index contributed by atoms with van der Waals surface area (Å²) in [6, 6.07) is 2.01. The normalized spacial score (nSPS) is 15.3. The number of carbonyl (C=O) groups is 1. The molecule has 0 aliphatic heterocycles. The fourth-order valence-electron chi connectivity index (χ4n) is 2.68. The molecule has 0 radical (unpaired) electrons. The van der Waals surface area contributed by atoms with Crippen molar-refractivity contribution in [3.8, 4) is 5.75 Å².